The minimum Gasteiger partial charge on any atom is -0.478 e. The summed E-state index contributed by atoms with van der Waals surface area (Å²) in [5.41, 5.74) is -5.25. The topological polar surface area (TPSA) is 224 Å². The Hall–Kier alpha value is -4.74. The predicted octanol–water partition coefficient (Wildman–Crippen LogP) is 6.32. The largest absolute Gasteiger partial charge is 0.478 e. The molecule has 0 atom stereocenters. The SMILES string of the molecule is CCCCCCCCCCCCC(c1cc(C(=O)O)cc(C(=O)O)c1C(=O)O)c1cc(C(=O)O)cc(C(=O)O)c1C(=O)O. The lowest BCUT2D eigenvalue weighted by molar-refractivity contribution is 0.0646. The maximum atomic E-state index is 12.4. The molecular formula is C31H36O12. The van der Waals surface area contributed by atoms with Crippen LogP contribution in [0.25, 0.3) is 0 Å². The van der Waals surface area contributed by atoms with E-state index in [0.29, 0.717) is 25.0 Å². The van der Waals surface area contributed by atoms with E-state index in [0.717, 1.165) is 57.1 Å². The number of carboxylic acids is 6. The van der Waals surface area contributed by atoms with Crippen LogP contribution in [0.2, 0.25) is 0 Å². The molecule has 0 radical (unpaired) electrons. The summed E-state index contributed by atoms with van der Waals surface area (Å²) in [7, 11) is 0. The first-order chi connectivity index (χ1) is 20.3. The van der Waals surface area contributed by atoms with Crippen LogP contribution in [0.3, 0.4) is 0 Å². The Morgan fingerprint density at radius 3 is 1.14 bits per heavy atom. The van der Waals surface area contributed by atoms with E-state index in [4.69, 9.17) is 0 Å². The Morgan fingerprint density at radius 2 is 0.837 bits per heavy atom. The summed E-state index contributed by atoms with van der Waals surface area (Å²) in [6.45, 7) is 2.13. The Bertz CT molecular complexity index is 1300. The molecule has 0 aromatic heterocycles. The summed E-state index contributed by atoms with van der Waals surface area (Å²) < 4.78 is 0. The maximum absolute atomic E-state index is 12.4. The van der Waals surface area contributed by atoms with Crippen LogP contribution in [-0.2, 0) is 0 Å². The van der Waals surface area contributed by atoms with E-state index in [-0.39, 0.29) is 17.5 Å². The van der Waals surface area contributed by atoms with Crippen LogP contribution in [0, 0.1) is 0 Å². The van der Waals surface area contributed by atoms with E-state index >= 15 is 0 Å². The molecule has 0 aliphatic rings. The Kier molecular flexibility index (Phi) is 12.9. The van der Waals surface area contributed by atoms with Gasteiger partial charge >= 0.3 is 35.8 Å². The van der Waals surface area contributed by atoms with Crippen molar-refractivity contribution in [3.63, 3.8) is 0 Å². The monoisotopic (exact) mass is 600 g/mol. The average Bonchev–Trinajstić information content (AvgIpc) is 2.94. The molecule has 43 heavy (non-hydrogen) atoms. The van der Waals surface area contributed by atoms with Crippen LogP contribution in [0.1, 0.15) is 157 Å². The molecule has 0 amide bonds. The second-order valence-electron chi connectivity index (χ2n) is 10.3. The molecule has 2 rings (SSSR count). The molecule has 0 spiro atoms. The highest BCUT2D eigenvalue weighted by Crippen LogP contribution is 2.38. The van der Waals surface area contributed by atoms with Gasteiger partial charge in [0.25, 0.3) is 0 Å². The summed E-state index contributed by atoms with van der Waals surface area (Å²) in [5.74, 6) is -11.5. The molecule has 2 aromatic carbocycles. The molecule has 12 nitrogen and oxygen atoms in total. The second kappa shape index (κ2) is 16.0. The molecule has 0 bridgehead atoms. The average molecular weight is 601 g/mol. The molecule has 0 fully saturated rings. The van der Waals surface area contributed by atoms with Gasteiger partial charge in [0, 0.05) is 5.92 Å². The zero-order chi connectivity index (χ0) is 32.3. The number of benzene rings is 2. The minimum absolute atomic E-state index is 0.0404. The third kappa shape index (κ3) is 9.12. The molecule has 0 heterocycles. The van der Waals surface area contributed by atoms with Crippen molar-refractivity contribution < 1.29 is 59.4 Å². The van der Waals surface area contributed by atoms with Crippen LogP contribution in [0.4, 0.5) is 0 Å². The van der Waals surface area contributed by atoms with Gasteiger partial charge in [-0.3, -0.25) is 0 Å². The van der Waals surface area contributed by atoms with Crippen LogP contribution >= 0.6 is 0 Å². The van der Waals surface area contributed by atoms with Crippen molar-refractivity contribution in [1.82, 2.24) is 0 Å². The molecule has 0 saturated carbocycles. The lowest BCUT2D eigenvalue weighted by Gasteiger charge is -2.24. The van der Waals surface area contributed by atoms with Crippen LogP contribution < -0.4 is 0 Å². The molecule has 12 heteroatoms. The fraction of sp³-hybridized carbons (Fsp3) is 0.419. The van der Waals surface area contributed by atoms with Crippen molar-refractivity contribution in [2.24, 2.45) is 0 Å². The van der Waals surface area contributed by atoms with Crippen LogP contribution in [0.5, 0.6) is 0 Å². The van der Waals surface area contributed by atoms with E-state index < -0.39 is 75.1 Å². The fourth-order valence-corrected chi connectivity index (χ4v) is 5.25. The zero-order valence-electron chi connectivity index (χ0n) is 23.8. The number of carboxylic acid groups (broad SMARTS) is 6. The molecule has 0 unspecified atom stereocenters. The van der Waals surface area contributed by atoms with E-state index in [1.165, 1.54) is 6.42 Å². The van der Waals surface area contributed by atoms with E-state index in [9.17, 15) is 59.4 Å². The van der Waals surface area contributed by atoms with Gasteiger partial charge in [0.1, 0.15) is 0 Å². The smallest absolute Gasteiger partial charge is 0.336 e. The van der Waals surface area contributed by atoms with Gasteiger partial charge in [0.05, 0.1) is 33.4 Å². The molecule has 232 valence electrons. The van der Waals surface area contributed by atoms with Gasteiger partial charge in [-0.15, -0.1) is 0 Å². The van der Waals surface area contributed by atoms with Crippen LogP contribution in [-0.4, -0.2) is 66.5 Å². The summed E-state index contributed by atoms with van der Waals surface area (Å²) in [6, 6.07) is 3.17. The fourth-order valence-electron chi connectivity index (χ4n) is 5.25. The van der Waals surface area contributed by atoms with Gasteiger partial charge in [-0.2, -0.15) is 0 Å². The van der Waals surface area contributed by atoms with Crippen molar-refractivity contribution in [1.29, 1.82) is 0 Å². The summed E-state index contributed by atoms with van der Waals surface area (Å²) in [4.78, 5) is 72.5. The van der Waals surface area contributed by atoms with E-state index in [2.05, 4.69) is 6.92 Å². The van der Waals surface area contributed by atoms with Gasteiger partial charge in [0.15, 0.2) is 0 Å². The number of aromatic carboxylic acids is 6. The molecular weight excluding hydrogens is 564 g/mol. The van der Waals surface area contributed by atoms with E-state index in [1.54, 1.807) is 0 Å². The third-order valence-electron chi connectivity index (χ3n) is 7.32. The quantitative estimate of drug-likeness (QED) is 0.0974. The Balaban J connectivity index is 2.70. The van der Waals surface area contributed by atoms with Crippen LogP contribution in [0.15, 0.2) is 24.3 Å². The van der Waals surface area contributed by atoms with Crippen molar-refractivity contribution in [2.45, 2.75) is 83.5 Å². The van der Waals surface area contributed by atoms with Gasteiger partial charge in [-0.25, -0.2) is 28.8 Å². The lowest BCUT2D eigenvalue weighted by atomic mass is 9.78. The van der Waals surface area contributed by atoms with Gasteiger partial charge in [0.2, 0.25) is 0 Å². The molecule has 0 saturated heterocycles. The number of carbonyl (C=O) groups is 6. The Labute approximate surface area is 247 Å². The number of unbranched alkanes of at least 4 members (excludes halogenated alkanes) is 9. The first-order valence-corrected chi connectivity index (χ1v) is 14.1. The molecule has 2 aromatic rings. The third-order valence-corrected chi connectivity index (χ3v) is 7.32. The summed E-state index contributed by atoms with van der Waals surface area (Å²) in [5, 5.41) is 58.8. The highest BCUT2D eigenvalue weighted by Gasteiger charge is 2.33. The Morgan fingerprint density at radius 1 is 0.488 bits per heavy atom. The lowest BCUT2D eigenvalue weighted by Crippen LogP contribution is -2.21. The maximum Gasteiger partial charge on any atom is 0.336 e. The zero-order valence-corrected chi connectivity index (χ0v) is 23.8. The highest BCUT2D eigenvalue weighted by molar-refractivity contribution is 6.07. The predicted molar refractivity (Wildman–Crippen MR) is 153 cm³/mol. The molecule has 0 aliphatic carbocycles. The van der Waals surface area contributed by atoms with Gasteiger partial charge in [-0.1, -0.05) is 71.1 Å². The van der Waals surface area contributed by atoms with Crippen molar-refractivity contribution in [3.8, 4) is 0 Å². The first-order valence-electron chi connectivity index (χ1n) is 14.1. The number of hydrogen-bond acceptors (Lipinski definition) is 6. The van der Waals surface area contributed by atoms with Gasteiger partial charge < -0.3 is 30.6 Å². The van der Waals surface area contributed by atoms with Crippen molar-refractivity contribution >= 4 is 35.8 Å². The number of rotatable bonds is 19. The molecule has 0 aliphatic heterocycles. The summed E-state index contributed by atoms with van der Waals surface area (Å²) in [6.07, 6.45) is 9.29. The molecule has 6 N–H and O–H groups in total. The standard InChI is InChI=1S/C31H36O12/c1-2-3-4-5-6-7-8-9-10-11-12-19(20-13-17(26(32)33)15-22(28(36)37)24(20)30(40)41)21-14-18(27(34)35)16-23(29(38)39)25(21)31(42)43/h13-16,19H,2-12H2,1H3,(H,32,33)(H,34,35)(H,36,37)(H,38,39)(H,40,41)(H,42,43). The number of hydrogen-bond donors (Lipinski definition) is 6. The van der Waals surface area contributed by atoms with Gasteiger partial charge in [-0.05, 0) is 41.8 Å². The van der Waals surface area contributed by atoms with Crippen molar-refractivity contribution in [2.75, 3.05) is 0 Å². The minimum atomic E-state index is -1.75. The second-order valence-corrected chi connectivity index (χ2v) is 10.3. The van der Waals surface area contributed by atoms with E-state index in [1.807, 2.05) is 0 Å². The normalized spacial score (nSPS) is 10.9. The summed E-state index contributed by atoms with van der Waals surface area (Å²) >= 11 is 0. The first kappa shape index (κ1) is 34.5. The van der Waals surface area contributed by atoms with Crippen molar-refractivity contribution in [3.05, 3.63) is 68.8 Å². The highest BCUT2D eigenvalue weighted by atomic mass is 16.4.